The van der Waals surface area contributed by atoms with Gasteiger partial charge in [0.25, 0.3) is 0 Å². The van der Waals surface area contributed by atoms with E-state index in [0.29, 0.717) is 0 Å². The van der Waals surface area contributed by atoms with Crippen LogP contribution in [-0.2, 0) is 21.7 Å². The molecule has 0 N–H and O–H groups in total. The largest absolute Gasteiger partial charge is 0.310 e. The molecule has 106 heavy (non-hydrogen) atoms. The van der Waals surface area contributed by atoms with Gasteiger partial charge < -0.3 is 9.80 Å². The summed E-state index contributed by atoms with van der Waals surface area (Å²) in [5.74, 6) is 0. The normalized spacial score (nSPS) is 14.5. The lowest BCUT2D eigenvalue weighted by Crippen LogP contribution is -2.29. The second-order valence-corrected chi connectivity index (χ2v) is 30.3. The van der Waals surface area contributed by atoms with Crippen molar-refractivity contribution in [1.82, 2.24) is 0 Å². The molecule has 21 rings (SSSR count). The van der Waals surface area contributed by atoms with E-state index in [2.05, 4.69) is 414 Å². The highest BCUT2D eigenvalue weighted by Crippen LogP contribution is 2.66. The molecule has 0 amide bonds. The van der Waals surface area contributed by atoms with E-state index in [1.165, 1.54) is 145 Å². The summed E-state index contributed by atoms with van der Waals surface area (Å²) in [5, 5.41) is 0. The van der Waals surface area contributed by atoms with E-state index in [1.807, 2.05) is 0 Å². The number of hydrogen-bond donors (Lipinski definition) is 0. The Labute approximate surface area is 621 Å². The summed E-state index contributed by atoms with van der Waals surface area (Å²) in [6.07, 6.45) is 0. The van der Waals surface area contributed by atoms with Crippen molar-refractivity contribution in [2.75, 3.05) is 9.80 Å². The van der Waals surface area contributed by atoms with Gasteiger partial charge in [0.05, 0.1) is 21.9 Å². The van der Waals surface area contributed by atoms with Gasteiger partial charge in [-0.25, -0.2) is 0 Å². The van der Waals surface area contributed by atoms with E-state index in [4.69, 9.17) is 0 Å². The fourth-order valence-corrected chi connectivity index (χ4v) is 20.1. The monoisotopic (exact) mass is 1350 g/mol. The molecule has 16 aromatic carbocycles. The molecular formula is C104H74N2. The Morgan fingerprint density at radius 1 is 0.198 bits per heavy atom. The van der Waals surface area contributed by atoms with Crippen LogP contribution in [0.1, 0.15) is 103 Å². The maximum absolute atomic E-state index is 2.54. The van der Waals surface area contributed by atoms with Crippen LogP contribution >= 0.6 is 0 Å². The highest BCUT2D eigenvalue weighted by Gasteiger charge is 2.53. The van der Waals surface area contributed by atoms with Crippen molar-refractivity contribution in [3.63, 3.8) is 0 Å². The van der Waals surface area contributed by atoms with Gasteiger partial charge >= 0.3 is 0 Å². The second-order valence-electron chi connectivity index (χ2n) is 30.3. The number of anilines is 6. The summed E-state index contributed by atoms with van der Waals surface area (Å²) in [6, 6.07) is 143. The summed E-state index contributed by atoms with van der Waals surface area (Å²) in [4.78, 5) is 5.07. The van der Waals surface area contributed by atoms with Gasteiger partial charge in [-0.05, 0) is 220 Å². The van der Waals surface area contributed by atoms with Crippen molar-refractivity contribution in [2.24, 2.45) is 0 Å². The van der Waals surface area contributed by atoms with Gasteiger partial charge in [0, 0.05) is 39.4 Å². The summed E-state index contributed by atoms with van der Waals surface area (Å²) >= 11 is 0. The topological polar surface area (TPSA) is 6.48 Å². The van der Waals surface area contributed by atoms with Crippen LogP contribution in [0.25, 0.3) is 66.8 Å². The summed E-state index contributed by atoms with van der Waals surface area (Å²) in [7, 11) is 0. The van der Waals surface area contributed by atoms with E-state index in [-0.39, 0.29) is 5.41 Å². The lowest BCUT2D eigenvalue weighted by atomic mass is 9.67. The van der Waals surface area contributed by atoms with Crippen molar-refractivity contribution in [2.45, 2.75) is 49.4 Å². The zero-order valence-corrected chi connectivity index (χ0v) is 59.7. The van der Waals surface area contributed by atoms with Crippen LogP contribution in [0.4, 0.5) is 34.1 Å². The van der Waals surface area contributed by atoms with Crippen LogP contribution < -0.4 is 9.80 Å². The molecular weight excluding hydrogens is 1280 g/mol. The fraction of sp³-hybridized carbons (Fsp3) is 0.0769. The molecule has 0 saturated heterocycles. The molecule has 0 atom stereocenters. The first kappa shape index (κ1) is 61.8. The first-order valence-corrected chi connectivity index (χ1v) is 37.4. The summed E-state index contributed by atoms with van der Waals surface area (Å²) in [6.45, 7) is 9.21. The Hall–Kier alpha value is -12.9. The lowest BCUT2D eigenvalue weighted by Gasteiger charge is -2.36. The molecule has 0 saturated carbocycles. The van der Waals surface area contributed by atoms with Crippen LogP contribution in [-0.4, -0.2) is 0 Å². The van der Waals surface area contributed by atoms with Crippen molar-refractivity contribution in [3.8, 4) is 66.8 Å². The minimum Gasteiger partial charge on any atom is -0.310 e. The summed E-state index contributed by atoms with van der Waals surface area (Å²) in [5.41, 5.74) is 40.3. The smallest absolute Gasteiger partial charge is 0.0726 e. The molecule has 0 unspecified atom stereocenters. The molecule has 16 aromatic rings. The first-order valence-electron chi connectivity index (χ1n) is 37.4. The Balaban J connectivity index is 0.739. The number of aryl methyl sites for hydroxylation is 2. The van der Waals surface area contributed by atoms with Crippen molar-refractivity contribution >= 4 is 34.1 Å². The minimum atomic E-state index is -0.607. The van der Waals surface area contributed by atoms with Gasteiger partial charge in [-0.3, -0.25) is 0 Å². The number of hydrogen-bond acceptors (Lipinski definition) is 2. The average molecular weight is 1350 g/mol. The van der Waals surface area contributed by atoms with Gasteiger partial charge in [0.2, 0.25) is 0 Å². The van der Waals surface area contributed by atoms with E-state index in [1.54, 1.807) is 0 Å². The molecule has 0 bridgehead atoms. The maximum Gasteiger partial charge on any atom is 0.0726 e. The number of benzene rings is 16. The molecule has 2 heteroatoms. The number of rotatable bonds is 11. The Kier molecular flexibility index (Phi) is 13.6. The van der Waals surface area contributed by atoms with E-state index < -0.39 is 16.2 Å². The lowest BCUT2D eigenvalue weighted by molar-refractivity contribution is 0.660. The number of fused-ring (bicyclic) bond motifs is 19. The van der Waals surface area contributed by atoms with Crippen molar-refractivity contribution < 1.29 is 0 Å². The van der Waals surface area contributed by atoms with Crippen molar-refractivity contribution in [1.29, 1.82) is 0 Å². The zero-order chi connectivity index (χ0) is 70.6. The first-order chi connectivity index (χ1) is 52.1. The Morgan fingerprint density at radius 3 is 0.981 bits per heavy atom. The average Bonchev–Trinajstić information content (AvgIpc) is 1.51. The van der Waals surface area contributed by atoms with E-state index >= 15 is 0 Å². The van der Waals surface area contributed by atoms with Gasteiger partial charge in [-0.15, -0.1) is 0 Å². The van der Waals surface area contributed by atoms with E-state index in [0.717, 1.165) is 45.3 Å². The highest BCUT2D eigenvalue weighted by atomic mass is 15.2. The molecule has 500 valence electrons. The molecule has 0 radical (unpaired) electrons. The standard InChI is InChI=1S/C104H74N2/c1-67-44-57-83-85-59-54-78(65-97(85)102(95(83)62-67,71-26-9-5-10-27-71)72-28-11-6-12-29-72)105(79-55-60-86-84-58-45-68(2)63-96(84)103(98(86)66-79,73-30-13-7-14-31-73)74-32-15-8-16-33-74)75-50-46-69(47-51-75)70-48-52-76(53-49-70)106(77-56-61-90-88(64-77)82-36-17-21-38-89(82)101(90,3)4)99-43-25-42-94-100(99)87-37-20-24-41-93(87)104(94)91-39-22-18-34-80(91)81-35-19-23-40-92(81)104/h5-66H,1-4H3. The molecule has 0 aromatic heterocycles. The third-order valence-corrected chi connectivity index (χ3v) is 24.5. The molecule has 0 aliphatic heterocycles. The predicted octanol–water partition coefficient (Wildman–Crippen LogP) is 26.3. The highest BCUT2D eigenvalue weighted by molar-refractivity contribution is 6.02. The SMILES string of the molecule is Cc1ccc2c(c1)C(c1ccccc1)(c1ccccc1)c1cc(N(c3ccc(-c4ccc(N(c5ccc6c(c5)-c5ccccc5C6(C)C)c5cccc6c5-c5ccccc5C65c6ccccc6-c6ccccc65)cc4)cc3)c3ccc4c(c3)C(c3ccccc3)(c3ccccc3)c3cc(C)ccc3-4)ccc1-2. The third-order valence-electron chi connectivity index (χ3n) is 24.5. The van der Waals surface area contributed by atoms with Crippen molar-refractivity contribution in [3.05, 3.63) is 465 Å². The van der Waals surface area contributed by atoms with Crippen LogP contribution in [0.15, 0.2) is 376 Å². The molecule has 5 aliphatic carbocycles. The van der Waals surface area contributed by atoms with Crippen LogP contribution in [0.5, 0.6) is 0 Å². The van der Waals surface area contributed by atoms with E-state index in [9.17, 15) is 0 Å². The van der Waals surface area contributed by atoms with Crippen LogP contribution in [0.2, 0.25) is 0 Å². The van der Waals surface area contributed by atoms with Gasteiger partial charge in [-0.1, -0.05) is 334 Å². The molecule has 5 aliphatic rings. The van der Waals surface area contributed by atoms with Crippen LogP contribution in [0, 0.1) is 13.8 Å². The van der Waals surface area contributed by atoms with Gasteiger partial charge in [0.15, 0.2) is 0 Å². The second kappa shape index (κ2) is 23.3. The third kappa shape index (κ3) is 8.55. The molecule has 2 nitrogen and oxygen atoms in total. The minimum absolute atomic E-state index is 0.140. The predicted molar refractivity (Wildman–Crippen MR) is 439 cm³/mol. The number of nitrogens with zero attached hydrogens (tertiary/aromatic N) is 2. The Bertz CT molecular complexity index is 5930. The zero-order valence-electron chi connectivity index (χ0n) is 59.7. The van der Waals surface area contributed by atoms with Gasteiger partial charge in [0.1, 0.15) is 0 Å². The molecule has 1 spiro atoms. The fourth-order valence-electron chi connectivity index (χ4n) is 20.1. The summed E-state index contributed by atoms with van der Waals surface area (Å²) < 4.78 is 0. The maximum atomic E-state index is 2.54. The van der Waals surface area contributed by atoms with Crippen LogP contribution in [0.3, 0.4) is 0 Å². The molecule has 0 fully saturated rings. The quantitative estimate of drug-likeness (QED) is 0.127. The Morgan fingerprint density at radius 2 is 0.519 bits per heavy atom. The molecule has 0 heterocycles. The van der Waals surface area contributed by atoms with Gasteiger partial charge in [-0.2, -0.15) is 0 Å².